The smallest absolute Gasteiger partial charge is 0.0672 e. The fourth-order valence-corrected chi connectivity index (χ4v) is 4.38. The van der Waals surface area contributed by atoms with Crippen LogP contribution >= 0.6 is 11.8 Å². The molecule has 2 heteroatoms. The first-order chi connectivity index (χ1) is 11.7. The molecular weight excluding hydrogens is 312 g/mol. The van der Waals surface area contributed by atoms with Crippen molar-refractivity contribution in [3.63, 3.8) is 0 Å². The minimum Gasteiger partial charge on any atom is -0.380 e. The molecule has 1 heterocycles. The second-order valence-corrected chi connectivity index (χ2v) is 7.58. The molecule has 0 saturated carbocycles. The molecule has 1 nitrogen and oxygen atoms in total. The summed E-state index contributed by atoms with van der Waals surface area (Å²) in [5.74, 6) is 0. The summed E-state index contributed by atoms with van der Waals surface area (Å²) in [6.45, 7) is 5.11. The van der Waals surface area contributed by atoms with Crippen LogP contribution in [0.15, 0.2) is 76.7 Å². The Balaban J connectivity index is 1.95. The Kier molecular flexibility index (Phi) is 5.60. The number of ether oxygens (including phenoxy) is 1. The van der Waals surface area contributed by atoms with Crippen LogP contribution in [0.4, 0.5) is 0 Å². The van der Waals surface area contributed by atoms with E-state index in [0.717, 1.165) is 13.0 Å². The maximum absolute atomic E-state index is 5.28. The van der Waals surface area contributed by atoms with Crippen LogP contribution in [-0.4, -0.2) is 19.0 Å². The average molecular weight is 337 g/mol. The standard InChI is InChI=1S/C22H24OS/c1-16(17(2)15-23-3)13-19-14-21(18-9-5-4-6-10-18)20-11-7-8-12-22(20)24-19/h4-12,14,19H,13,15H2,1-3H3/b17-16-. The van der Waals surface area contributed by atoms with E-state index in [4.69, 9.17) is 4.74 Å². The van der Waals surface area contributed by atoms with Crippen LogP contribution < -0.4 is 0 Å². The van der Waals surface area contributed by atoms with Crippen molar-refractivity contribution in [3.8, 4) is 0 Å². The van der Waals surface area contributed by atoms with Crippen molar-refractivity contribution in [2.75, 3.05) is 13.7 Å². The Morgan fingerprint density at radius 3 is 2.42 bits per heavy atom. The van der Waals surface area contributed by atoms with Crippen molar-refractivity contribution in [2.24, 2.45) is 0 Å². The number of hydrogen-bond donors (Lipinski definition) is 0. The normalized spacial score (nSPS) is 17.8. The first-order valence-electron chi connectivity index (χ1n) is 8.36. The molecule has 0 spiro atoms. The molecule has 0 fully saturated rings. The van der Waals surface area contributed by atoms with Crippen LogP contribution in [0.25, 0.3) is 5.57 Å². The lowest BCUT2D eigenvalue weighted by Crippen LogP contribution is -2.09. The molecule has 0 radical (unpaired) electrons. The predicted molar refractivity (Wildman–Crippen MR) is 104 cm³/mol. The molecule has 0 N–H and O–H groups in total. The Bertz CT molecular complexity index is 759. The molecule has 24 heavy (non-hydrogen) atoms. The van der Waals surface area contributed by atoms with Gasteiger partial charge in [-0.25, -0.2) is 0 Å². The number of fused-ring (bicyclic) bond motifs is 1. The number of methoxy groups -OCH3 is 1. The van der Waals surface area contributed by atoms with E-state index < -0.39 is 0 Å². The molecule has 0 saturated heterocycles. The number of allylic oxidation sites excluding steroid dienone is 1. The molecule has 0 aromatic heterocycles. The Labute approximate surface area is 149 Å². The van der Waals surface area contributed by atoms with Crippen LogP contribution in [0.5, 0.6) is 0 Å². The fourth-order valence-electron chi connectivity index (χ4n) is 3.05. The van der Waals surface area contributed by atoms with Crippen LogP contribution in [0.1, 0.15) is 31.4 Å². The third-order valence-corrected chi connectivity index (χ3v) is 5.71. The van der Waals surface area contributed by atoms with Gasteiger partial charge in [0, 0.05) is 17.3 Å². The zero-order chi connectivity index (χ0) is 16.9. The minimum absolute atomic E-state index is 0.460. The maximum Gasteiger partial charge on any atom is 0.0672 e. The Morgan fingerprint density at radius 2 is 1.67 bits per heavy atom. The van der Waals surface area contributed by atoms with E-state index in [-0.39, 0.29) is 0 Å². The molecule has 1 aliphatic heterocycles. The quantitative estimate of drug-likeness (QED) is 0.622. The lowest BCUT2D eigenvalue weighted by Gasteiger charge is -2.25. The summed E-state index contributed by atoms with van der Waals surface area (Å²) in [5, 5.41) is 0.460. The van der Waals surface area contributed by atoms with Crippen LogP contribution in [0, 0.1) is 0 Å². The van der Waals surface area contributed by atoms with E-state index in [1.54, 1.807) is 7.11 Å². The van der Waals surface area contributed by atoms with Gasteiger partial charge in [-0.05, 0) is 48.6 Å². The van der Waals surface area contributed by atoms with E-state index in [1.165, 1.54) is 32.7 Å². The van der Waals surface area contributed by atoms with Gasteiger partial charge in [-0.15, -0.1) is 11.8 Å². The topological polar surface area (TPSA) is 9.23 Å². The highest BCUT2D eigenvalue weighted by atomic mass is 32.2. The average Bonchev–Trinajstić information content (AvgIpc) is 2.62. The van der Waals surface area contributed by atoms with Gasteiger partial charge >= 0.3 is 0 Å². The molecule has 2 aromatic rings. The predicted octanol–water partition coefficient (Wildman–Crippen LogP) is 5.97. The van der Waals surface area contributed by atoms with E-state index in [9.17, 15) is 0 Å². The first kappa shape index (κ1) is 17.1. The second-order valence-electron chi connectivity index (χ2n) is 6.30. The minimum atomic E-state index is 0.460. The molecule has 1 atom stereocenters. The molecular formula is C22H24OS. The van der Waals surface area contributed by atoms with E-state index >= 15 is 0 Å². The second kappa shape index (κ2) is 7.87. The van der Waals surface area contributed by atoms with E-state index in [0.29, 0.717) is 5.25 Å². The number of thioether (sulfide) groups is 1. The summed E-state index contributed by atoms with van der Waals surface area (Å²) < 4.78 is 5.28. The zero-order valence-electron chi connectivity index (χ0n) is 14.6. The molecule has 0 aliphatic carbocycles. The van der Waals surface area contributed by atoms with Gasteiger partial charge in [0.1, 0.15) is 0 Å². The molecule has 3 rings (SSSR count). The van der Waals surface area contributed by atoms with Crippen molar-refractivity contribution < 1.29 is 4.74 Å². The summed E-state index contributed by atoms with van der Waals surface area (Å²) in [5.41, 5.74) is 6.77. The molecule has 1 aliphatic rings. The highest BCUT2D eigenvalue weighted by Gasteiger charge is 2.21. The third kappa shape index (κ3) is 3.82. The first-order valence-corrected chi connectivity index (χ1v) is 9.24. The summed E-state index contributed by atoms with van der Waals surface area (Å²) in [4.78, 5) is 1.38. The number of rotatable bonds is 5. The van der Waals surface area contributed by atoms with Crippen LogP contribution in [0.2, 0.25) is 0 Å². The molecule has 2 aromatic carbocycles. The monoisotopic (exact) mass is 336 g/mol. The van der Waals surface area contributed by atoms with E-state index in [2.05, 4.69) is 74.5 Å². The van der Waals surface area contributed by atoms with Gasteiger partial charge in [0.25, 0.3) is 0 Å². The fraction of sp³-hybridized carbons (Fsp3) is 0.273. The van der Waals surface area contributed by atoms with Gasteiger partial charge in [-0.2, -0.15) is 0 Å². The highest BCUT2D eigenvalue weighted by molar-refractivity contribution is 8.00. The Morgan fingerprint density at radius 1 is 0.958 bits per heavy atom. The summed E-state index contributed by atoms with van der Waals surface area (Å²) >= 11 is 1.97. The lowest BCUT2D eigenvalue weighted by atomic mass is 9.95. The van der Waals surface area contributed by atoms with Crippen molar-refractivity contribution in [1.29, 1.82) is 0 Å². The summed E-state index contributed by atoms with van der Waals surface area (Å²) in [6, 6.07) is 19.4. The number of benzene rings is 2. The Hall–Kier alpha value is -1.77. The summed E-state index contributed by atoms with van der Waals surface area (Å²) in [7, 11) is 1.76. The van der Waals surface area contributed by atoms with Gasteiger partial charge in [-0.3, -0.25) is 0 Å². The number of hydrogen-bond acceptors (Lipinski definition) is 2. The van der Waals surface area contributed by atoms with Crippen molar-refractivity contribution >= 4 is 17.3 Å². The third-order valence-electron chi connectivity index (χ3n) is 4.49. The largest absolute Gasteiger partial charge is 0.380 e. The van der Waals surface area contributed by atoms with Crippen molar-refractivity contribution in [2.45, 2.75) is 30.4 Å². The summed E-state index contributed by atoms with van der Waals surface area (Å²) in [6.07, 6.45) is 3.50. The highest BCUT2D eigenvalue weighted by Crippen LogP contribution is 2.42. The van der Waals surface area contributed by atoms with Gasteiger partial charge in [0.15, 0.2) is 0 Å². The van der Waals surface area contributed by atoms with Crippen LogP contribution in [-0.2, 0) is 4.74 Å². The SMILES string of the molecule is COC/C(C)=C(/C)CC1C=C(c2ccccc2)c2ccccc2S1. The molecule has 1 unspecified atom stereocenters. The van der Waals surface area contributed by atoms with Gasteiger partial charge < -0.3 is 4.74 Å². The van der Waals surface area contributed by atoms with E-state index in [1.807, 2.05) is 11.8 Å². The van der Waals surface area contributed by atoms with Crippen molar-refractivity contribution in [3.05, 3.63) is 82.9 Å². The van der Waals surface area contributed by atoms with Crippen molar-refractivity contribution in [1.82, 2.24) is 0 Å². The maximum atomic E-state index is 5.28. The van der Waals surface area contributed by atoms with Crippen LogP contribution in [0.3, 0.4) is 0 Å². The molecule has 0 bridgehead atoms. The van der Waals surface area contributed by atoms with Gasteiger partial charge in [0.2, 0.25) is 0 Å². The van der Waals surface area contributed by atoms with Gasteiger partial charge in [0.05, 0.1) is 6.61 Å². The zero-order valence-corrected chi connectivity index (χ0v) is 15.4. The molecule has 0 amide bonds. The lowest BCUT2D eigenvalue weighted by molar-refractivity contribution is 0.225. The molecule has 124 valence electrons. The van der Waals surface area contributed by atoms with Gasteiger partial charge in [-0.1, -0.05) is 60.2 Å².